The van der Waals surface area contributed by atoms with Gasteiger partial charge in [-0.2, -0.15) is 5.21 Å². The van der Waals surface area contributed by atoms with Gasteiger partial charge in [0.1, 0.15) is 23.1 Å². The summed E-state index contributed by atoms with van der Waals surface area (Å²) in [4.78, 5) is 18.3. The molecule has 11 nitrogen and oxygen atoms in total. The second kappa shape index (κ2) is 16.2. The summed E-state index contributed by atoms with van der Waals surface area (Å²) in [6.07, 6.45) is 0.828. The summed E-state index contributed by atoms with van der Waals surface area (Å²) in [6.45, 7) is 6.64. The molecular weight excluding hydrogens is 671 g/mol. The first-order chi connectivity index (χ1) is 22.0. The monoisotopic (exact) mass is 704 g/mol. The number of tetrazole rings is 1. The molecule has 2 N–H and O–H groups in total. The van der Waals surface area contributed by atoms with Crippen molar-refractivity contribution >= 4 is 44.4 Å². The maximum atomic E-state index is 13.4. The van der Waals surface area contributed by atoms with Gasteiger partial charge in [0.05, 0.1) is 22.0 Å². The molecule has 0 spiro atoms. The maximum absolute atomic E-state index is 13.4. The van der Waals surface area contributed by atoms with Gasteiger partial charge >= 0.3 is 29.6 Å². The van der Waals surface area contributed by atoms with Gasteiger partial charge in [0, 0.05) is 21.4 Å². The van der Waals surface area contributed by atoms with Crippen LogP contribution in [0.15, 0.2) is 77.0 Å². The molecule has 2 aromatic heterocycles. The summed E-state index contributed by atoms with van der Waals surface area (Å²) in [5.74, 6) is 0.846. The number of nitrogens with zero attached hydrogens (tertiary/aromatic N) is 4. The Hall–Kier alpha value is -3.33. The fourth-order valence-corrected chi connectivity index (χ4v) is 6.73. The first-order valence-corrected chi connectivity index (χ1v) is 17.3. The Morgan fingerprint density at radius 1 is 1.04 bits per heavy atom. The number of sulfone groups is 1. The summed E-state index contributed by atoms with van der Waals surface area (Å²) in [6, 6.07) is 18.3. The van der Waals surface area contributed by atoms with Gasteiger partial charge in [0.25, 0.3) is 5.91 Å². The van der Waals surface area contributed by atoms with Crippen LogP contribution in [-0.4, -0.2) is 45.7 Å². The Morgan fingerprint density at radius 2 is 1.83 bits per heavy atom. The number of halogens is 1. The van der Waals surface area contributed by atoms with Gasteiger partial charge in [0.15, 0.2) is 16.4 Å². The van der Waals surface area contributed by atoms with Crippen LogP contribution < -0.4 is 44.3 Å². The van der Waals surface area contributed by atoms with Crippen LogP contribution in [0.2, 0.25) is 5.02 Å². The number of H-pyrrole nitrogens is 1. The number of amides is 1. The Labute approximate surface area is 306 Å². The molecule has 47 heavy (non-hydrogen) atoms. The largest absolute Gasteiger partial charge is 1.00 e. The molecule has 2 heterocycles. The number of benzene rings is 3. The number of aromatic nitrogens is 5. The van der Waals surface area contributed by atoms with Crippen molar-refractivity contribution < 1.29 is 53.7 Å². The normalized spacial score (nSPS) is 11.5. The first-order valence-electron chi connectivity index (χ1n) is 14.4. The predicted octanol–water partition coefficient (Wildman–Crippen LogP) is 3.54. The van der Waals surface area contributed by atoms with Crippen molar-refractivity contribution in [3.05, 3.63) is 105 Å². The molecule has 0 saturated heterocycles. The van der Waals surface area contributed by atoms with E-state index in [2.05, 4.69) is 51.7 Å². The smallest absolute Gasteiger partial charge is 1.00 e. The minimum atomic E-state index is -3.48. The number of hydrogen-bond acceptors (Lipinski definition) is 10. The zero-order chi connectivity index (χ0) is 32.7. The molecule has 3 aromatic carbocycles. The number of carbonyl (C=O) groups is 1. The Balaban J connectivity index is 0.00000312. The van der Waals surface area contributed by atoms with E-state index in [1.165, 1.54) is 23.5 Å². The number of nitrogens with one attached hydrogen (secondary N) is 2. The number of carbonyl (C=O) groups excluding carboxylic acids is 1. The van der Waals surface area contributed by atoms with Crippen molar-refractivity contribution in [1.82, 2.24) is 25.6 Å². The molecule has 0 fully saturated rings. The number of hydrogen-bond donors (Lipinski definition) is 2. The molecule has 0 radical (unpaired) electrons. The SMILES string of the molecule is CC(C)(C)c1csc(COc2cccc(C(=O)Nc3cc(CCCS(=O)(=O)c4ccc(Cl)cc4)ccc3OCc3nn[nH]n3)c2)n1.[H-].[Na+]. The van der Waals surface area contributed by atoms with E-state index < -0.39 is 9.84 Å². The van der Waals surface area contributed by atoms with E-state index in [-0.39, 0.29) is 66.2 Å². The first kappa shape index (κ1) is 36.5. The molecule has 5 rings (SSSR count). The number of aromatic amines is 1. The molecule has 0 unspecified atom stereocenters. The van der Waals surface area contributed by atoms with E-state index in [1.54, 1.807) is 48.5 Å². The molecule has 15 heteroatoms. The third-order valence-electron chi connectivity index (χ3n) is 6.87. The third-order valence-corrected chi connectivity index (χ3v) is 9.76. The maximum Gasteiger partial charge on any atom is 1.00 e. The number of thiazole rings is 1. The summed E-state index contributed by atoms with van der Waals surface area (Å²) in [7, 11) is -3.48. The van der Waals surface area contributed by atoms with Crippen molar-refractivity contribution in [2.24, 2.45) is 0 Å². The van der Waals surface area contributed by atoms with Gasteiger partial charge in [0.2, 0.25) is 5.82 Å². The van der Waals surface area contributed by atoms with Crippen molar-refractivity contribution in [1.29, 1.82) is 0 Å². The fraction of sp³-hybridized carbons (Fsp3) is 0.281. The minimum absolute atomic E-state index is 0. The van der Waals surface area contributed by atoms with Gasteiger partial charge in [-0.05, 0) is 73.0 Å². The van der Waals surface area contributed by atoms with E-state index in [4.69, 9.17) is 21.1 Å². The van der Waals surface area contributed by atoms with Crippen molar-refractivity contribution in [3.63, 3.8) is 0 Å². The van der Waals surface area contributed by atoms with E-state index in [0.717, 1.165) is 16.3 Å². The topological polar surface area (TPSA) is 149 Å². The fourth-order valence-electron chi connectivity index (χ4n) is 4.36. The molecule has 1 amide bonds. The molecule has 0 aliphatic heterocycles. The molecule has 5 aromatic rings. The van der Waals surface area contributed by atoms with Crippen LogP contribution in [0.25, 0.3) is 0 Å². The van der Waals surface area contributed by atoms with E-state index in [9.17, 15) is 13.2 Å². The third kappa shape index (κ3) is 10.3. The molecule has 0 atom stereocenters. The van der Waals surface area contributed by atoms with E-state index >= 15 is 0 Å². The Bertz CT molecular complexity index is 1900. The summed E-state index contributed by atoms with van der Waals surface area (Å²) in [5, 5.41) is 20.0. The van der Waals surface area contributed by atoms with Crippen LogP contribution in [0.4, 0.5) is 5.69 Å². The molecule has 0 saturated carbocycles. The molecule has 0 aliphatic rings. The van der Waals surface area contributed by atoms with E-state index in [0.29, 0.717) is 46.4 Å². The number of aryl methyl sites for hydroxylation is 1. The van der Waals surface area contributed by atoms with E-state index in [1.807, 2.05) is 11.4 Å². The average Bonchev–Trinajstić information content (AvgIpc) is 3.73. The zero-order valence-corrected chi connectivity index (χ0v) is 30.9. The van der Waals surface area contributed by atoms with Crippen LogP contribution in [-0.2, 0) is 34.9 Å². The second-order valence-corrected chi connectivity index (χ2v) is 15.0. The Kier molecular flexibility index (Phi) is 12.6. The standard InChI is InChI=1S/C32H33ClN6O5S2.Na.H/c1-32(2,3)28-20-45-30(35-28)19-43-24-8-4-7-22(17-24)31(40)34-26-16-21(9-14-27(26)44-18-29-36-38-39-37-29)6-5-15-46(41,42)25-12-10-23(33)11-13-25;;/h4,7-14,16-17,20H,5-6,15,18-19H2,1-3H3,(H,34,40)(H,36,37,38,39);;/q;+1;-1. The van der Waals surface area contributed by atoms with Crippen LogP contribution in [0.1, 0.15) is 61.1 Å². The van der Waals surface area contributed by atoms with Crippen molar-refractivity contribution in [3.8, 4) is 11.5 Å². The van der Waals surface area contributed by atoms with Gasteiger partial charge < -0.3 is 16.2 Å². The summed E-state index contributed by atoms with van der Waals surface area (Å²) < 4.78 is 37.5. The Morgan fingerprint density at radius 3 is 2.53 bits per heavy atom. The van der Waals surface area contributed by atoms with Crippen molar-refractivity contribution in [2.45, 2.75) is 57.1 Å². The number of anilines is 1. The van der Waals surface area contributed by atoms with Gasteiger partial charge in [-0.15, -0.1) is 21.5 Å². The molecule has 0 bridgehead atoms. The summed E-state index contributed by atoms with van der Waals surface area (Å²) >= 11 is 7.44. The van der Waals surface area contributed by atoms with Crippen LogP contribution in [0.3, 0.4) is 0 Å². The van der Waals surface area contributed by atoms with Crippen LogP contribution in [0, 0.1) is 0 Å². The number of ether oxygens (including phenoxy) is 2. The minimum Gasteiger partial charge on any atom is -1.00 e. The number of rotatable bonds is 13. The van der Waals surface area contributed by atoms with Crippen molar-refractivity contribution in [2.75, 3.05) is 11.1 Å². The van der Waals surface area contributed by atoms with Crippen LogP contribution >= 0.6 is 22.9 Å². The van der Waals surface area contributed by atoms with Gasteiger partial charge in [-0.25, -0.2) is 13.4 Å². The second-order valence-electron chi connectivity index (χ2n) is 11.5. The predicted molar refractivity (Wildman–Crippen MR) is 177 cm³/mol. The average molecular weight is 705 g/mol. The van der Waals surface area contributed by atoms with Crippen LogP contribution in [0.5, 0.6) is 11.5 Å². The molecule has 0 aliphatic carbocycles. The quantitative estimate of drug-likeness (QED) is 0.176. The summed E-state index contributed by atoms with van der Waals surface area (Å²) in [5.41, 5.74) is 2.58. The zero-order valence-electron chi connectivity index (χ0n) is 27.5. The molecular formula is C32H34ClN6NaO5S2. The van der Waals surface area contributed by atoms with Gasteiger partial charge in [-0.1, -0.05) is 49.7 Å². The molecule has 242 valence electrons. The van der Waals surface area contributed by atoms with Gasteiger partial charge in [-0.3, -0.25) is 4.79 Å².